The van der Waals surface area contributed by atoms with Crippen LogP contribution in [0.2, 0.25) is 5.02 Å². The van der Waals surface area contributed by atoms with Gasteiger partial charge in [0.1, 0.15) is 12.2 Å². The van der Waals surface area contributed by atoms with Gasteiger partial charge in [0.25, 0.3) is 15.9 Å². The second-order valence-electron chi connectivity index (χ2n) is 4.08. The molecule has 0 aliphatic heterocycles. The van der Waals surface area contributed by atoms with Crippen LogP contribution in [0.3, 0.4) is 0 Å². The first kappa shape index (κ1) is 17.4. The fourth-order valence-corrected chi connectivity index (χ4v) is 2.91. The van der Waals surface area contributed by atoms with Gasteiger partial charge in [-0.3, -0.25) is 4.79 Å². The fraction of sp³-hybridized carbons (Fsp3) is 0.385. The number of nitrogens with one attached hydrogen (secondary N) is 1. The monoisotopic (exact) mass is 330 g/mol. The van der Waals surface area contributed by atoms with Crippen LogP contribution in [0.4, 0.5) is 0 Å². The molecule has 0 unspecified atom stereocenters. The zero-order chi connectivity index (χ0) is 16.0. The number of nitrogens with zero attached hydrogens (tertiary/aromatic N) is 1. The Morgan fingerprint density at radius 3 is 2.62 bits per heavy atom. The predicted octanol–water partition coefficient (Wildman–Crippen LogP) is 1.83. The van der Waals surface area contributed by atoms with E-state index in [4.69, 9.17) is 21.6 Å². The summed E-state index contributed by atoms with van der Waals surface area (Å²) >= 11 is 5.79. The van der Waals surface area contributed by atoms with Crippen molar-refractivity contribution in [1.82, 2.24) is 4.72 Å². The van der Waals surface area contributed by atoms with Gasteiger partial charge in [-0.05, 0) is 31.5 Å². The molecule has 6 nitrogen and oxygen atoms in total. The Morgan fingerprint density at radius 1 is 1.48 bits per heavy atom. The summed E-state index contributed by atoms with van der Waals surface area (Å²) in [6.07, 6.45) is -0.484. The van der Waals surface area contributed by atoms with Gasteiger partial charge in [0.2, 0.25) is 0 Å². The maximum absolute atomic E-state index is 12.1. The van der Waals surface area contributed by atoms with Crippen LogP contribution < -0.4 is 4.72 Å². The Balaban J connectivity index is 2.99. The first-order valence-corrected chi connectivity index (χ1v) is 8.09. The van der Waals surface area contributed by atoms with Gasteiger partial charge in [0, 0.05) is 6.61 Å². The second kappa shape index (κ2) is 7.41. The number of hydrogen-bond donors (Lipinski definition) is 1. The molecule has 0 aliphatic carbocycles. The van der Waals surface area contributed by atoms with Crippen LogP contribution in [0, 0.1) is 11.3 Å². The molecule has 0 aliphatic rings. The highest BCUT2D eigenvalue weighted by molar-refractivity contribution is 7.90. The van der Waals surface area contributed by atoms with E-state index in [0.717, 1.165) is 6.07 Å². The Morgan fingerprint density at radius 2 is 2.14 bits per heavy atom. The summed E-state index contributed by atoms with van der Waals surface area (Å²) in [5, 5.41) is 8.76. The first-order valence-electron chi connectivity index (χ1n) is 6.23. The minimum Gasteiger partial charge on any atom is -0.369 e. The van der Waals surface area contributed by atoms with Gasteiger partial charge in [-0.2, -0.15) is 5.26 Å². The van der Waals surface area contributed by atoms with E-state index in [1.807, 2.05) is 10.8 Å². The van der Waals surface area contributed by atoms with Crippen LogP contribution in [0.15, 0.2) is 23.1 Å². The highest BCUT2D eigenvalue weighted by atomic mass is 35.5. The standard InChI is InChI=1S/C13H15ClN2O4S/c1-3-12(20-4-2)13(17)16-21(18,19)10-6-5-9(8-15)11(14)7-10/h5-7,12H,3-4H2,1-2H3,(H,16,17)/t12-/m0/s1. The average Bonchev–Trinajstić information content (AvgIpc) is 2.43. The third-order valence-electron chi connectivity index (χ3n) is 2.64. The predicted molar refractivity (Wildman–Crippen MR) is 77.2 cm³/mol. The number of carbonyl (C=O) groups is 1. The number of sulfonamides is 1. The maximum atomic E-state index is 12.1. The van der Waals surface area contributed by atoms with Crippen LogP contribution in [-0.2, 0) is 19.6 Å². The Labute approximate surface area is 128 Å². The lowest BCUT2D eigenvalue weighted by Gasteiger charge is -2.15. The normalized spacial score (nSPS) is 12.5. The van der Waals surface area contributed by atoms with E-state index in [9.17, 15) is 13.2 Å². The largest absolute Gasteiger partial charge is 0.369 e. The molecule has 0 fully saturated rings. The molecular weight excluding hydrogens is 316 g/mol. The molecule has 21 heavy (non-hydrogen) atoms. The molecule has 1 atom stereocenters. The zero-order valence-corrected chi connectivity index (χ0v) is 13.2. The van der Waals surface area contributed by atoms with Crippen LogP contribution in [0.5, 0.6) is 0 Å². The van der Waals surface area contributed by atoms with Crippen molar-refractivity contribution in [2.45, 2.75) is 31.3 Å². The van der Waals surface area contributed by atoms with E-state index < -0.39 is 22.0 Å². The number of ether oxygens (including phenoxy) is 1. The minimum atomic E-state index is -4.05. The molecule has 0 spiro atoms. The number of rotatable bonds is 6. The Kier molecular flexibility index (Phi) is 6.15. The summed E-state index contributed by atoms with van der Waals surface area (Å²) in [5.41, 5.74) is 0.155. The number of halogens is 1. The maximum Gasteiger partial charge on any atom is 0.264 e. The molecule has 114 valence electrons. The third kappa shape index (κ3) is 4.43. The summed E-state index contributed by atoms with van der Waals surface area (Å²) in [5.74, 6) is -0.736. The van der Waals surface area contributed by atoms with Crippen LogP contribution in [0.25, 0.3) is 0 Å². The molecule has 0 radical (unpaired) electrons. The SMILES string of the molecule is CCO[C@@H](CC)C(=O)NS(=O)(=O)c1ccc(C#N)c(Cl)c1. The molecule has 1 amide bonds. The number of hydrogen-bond acceptors (Lipinski definition) is 5. The lowest BCUT2D eigenvalue weighted by Crippen LogP contribution is -2.39. The second-order valence-corrected chi connectivity index (χ2v) is 6.17. The van der Waals surface area contributed by atoms with Crippen molar-refractivity contribution in [3.8, 4) is 6.07 Å². The highest BCUT2D eigenvalue weighted by Gasteiger charge is 2.24. The first-order chi connectivity index (χ1) is 9.85. The number of nitriles is 1. The molecular formula is C13H15ClN2O4S. The van der Waals surface area contributed by atoms with Crippen molar-refractivity contribution in [2.24, 2.45) is 0 Å². The molecule has 0 aromatic heterocycles. The molecule has 8 heteroatoms. The van der Waals surface area contributed by atoms with Crippen molar-refractivity contribution >= 4 is 27.5 Å². The van der Waals surface area contributed by atoms with E-state index in [-0.39, 0.29) is 15.5 Å². The van der Waals surface area contributed by atoms with Gasteiger partial charge >= 0.3 is 0 Å². The van der Waals surface area contributed by atoms with Gasteiger partial charge < -0.3 is 4.74 Å². The van der Waals surface area contributed by atoms with Crippen LogP contribution in [-0.4, -0.2) is 27.0 Å². The number of amides is 1. The topological polar surface area (TPSA) is 96.3 Å². The van der Waals surface area contributed by atoms with E-state index in [2.05, 4.69) is 0 Å². The average molecular weight is 331 g/mol. The van der Waals surface area contributed by atoms with Crippen molar-refractivity contribution in [3.63, 3.8) is 0 Å². The molecule has 1 aromatic carbocycles. The summed E-state index contributed by atoms with van der Waals surface area (Å²) in [4.78, 5) is 11.7. The Bertz CT molecular complexity index is 667. The zero-order valence-electron chi connectivity index (χ0n) is 11.6. The smallest absolute Gasteiger partial charge is 0.264 e. The molecule has 0 saturated heterocycles. The molecule has 1 aromatic rings. The van der Waals surface area contributed by atoms with Gasteiger partial charge in [-0.15, -0.1) is 0 Å². The molecule has 0 bridgehead atoms. The number of carbonyl (C=O) groups excluding carboxylic acids is 1. The van der Waals surface area contributed by atoms with Crippen LogP contribution in [0.1, 0.15) is 25.8 Å². The van der Waals surface area contributed by atoms with Crippen molar-refractivity contribution in [1.29, 1.82) is 5.26 Å². The van der Waals surface area contributed by atoms with E-state index >= 15 is 0 Å². The van der Waals surface area contributed by atoms with E-state index in [1.54, 1.807) is 13.8 Å². The Hall–Kier alpha value is -1.62. The van der Waals surface area contributed by atoms with Crippen LogP contribution >= 0.6 is 11.6 Å². The fourth-order valence-electron chi connectivity index (χ4n) is 1.59. The lowest BCUT2D eigenvalue weighted by atomic mass is 10.2. The van der Waals surface area contributed by atoms with Gasteiger partial charge in [0.15, 0.2) is 0 Å². The minimum absolute atomic E-state index is 0.00433. The molecule has 0 heterocycles. The molecule has 1 N–H and O–H groups in total. The van der Waals surface area contributed by atoms with E-state index in [1.165, 1.54) is 12.1 Å². The number of benzene rings is 1. The van der Waals surface area contributed by atoms with Crippen molar-refractivity contribution < 1.29 is 17.9 Å². The third-order valence-corrected chi connectivity index (χ3v) is 4.29. The summed E-state index contributed by atoms with van der Waals surface area (Å²) in [6.45, 7) is 3.73. The van der Waals surface area contributed by atoms with Crippen molar-refractivity contribution in [2.75, 3.05) is 6.61 Å². The lowest BCUT2D eigenvalue weighted by molar-refractivity contribution is -0.130. The van der Waals surface area contributed by atoms with E-state index in [0.29, 0.717) is 13.0 Å². The van der Waals surface area contributed by atoms with Crippen molar-refractivity contribution in [3.05, 3.63) is 28.8 Å². The summed E-state index contributed by atoms with van der Waals surface area (Å²) in [7, 11) is -4.05. The molecule has 0 saturated carbocycles. The summed E-state index contributed by atoms with van der Waals surface area (Å²) in [6, 6.07) is 5.44. The molecule has 1 rings (SSSR count). The highest BCUT2D eigenvalue weighted by Crippen LogP contribution is 2.20. The quantitative estimate of drug-likeness (QED) is 0.858. The summed E-state index contributed by atoms with van der Waals surface area (Å²) < 4.78 is 31.3. The van der Waals surface area contributed by atoms with Gasteiger partial charge in [-0.1, -0.05) is 18.5 Å². The van der Waals surface area contributed by atoms with Gasteiger partial charge in [0.05, 0.1) is 15.5 Å². The van der Waals surface area contributed by atoms with Gasteiger partial charge in [-0.25, -0.2) is 13.1 Å².